The Kier molecular flexibility index (Phi) is 5.69. The minimum absolute atomic E-state index is 0.0700. The Morgan fingerprint density at radius 1 is 1.30 bits per heavy atom. The van der Waals surface area contributed by atoms with Crippen LogP contribution in [0, 0.1) is 6.92 Å². The molecule has 1 unspecified atom stereocenters. The first-order valence-corrected chi connectivity index (χ1v) is 9.34. The summed E-state index contributed by atoms with van der Waals surface area (Å²) in [6.45, 7) is 8.69. The Hall–Kier alpha value is -2.15. The lowest BCUT2D eigenvalue weighted by Gasteiger charge is -2.33. The lowest BCUT2D eigenvalue weighted by molar-refractivity contribution is -0.153. The summed E-state index contributed by atoms with van der Waals surface area (Å²) in [4.78, 5) is 6.53. The molecule has 1 aliphatic rings. The highest BCUT2D eigenvalue weighted by Gasteiger charge is 2.30. The van der Waals surface area contributed by atoms with Gasteiger partial charge in [0, 0.05) is 0 Å². The van der Waals surface area contributed by atoms with Crippen LogP contribution in [0.25, 0.3) is 5.70 Å². The molecule has 1 aromatic carbocycles. The standard InChI is InChI=1S/C20H19F3N2OS/c1-13-5-4-6-16(9-13)19-11-27-15(3)25(19)14(2)18-8-7-17(10-24-18)26-12-20(21,22)23/h1,4-11,14-15H,12H2,2-3H3/t14?,15-/m1/s1. The van der Waals surface area contributed by atoms with E-state index in [1.165, 1.54) is 12.3 Å². The smallest absolute Gasteiger partial charge is 0.422 e. The van der Waals surface area contributed by atoms with Gasteiger partial charge in [0.1, 0.15) is 5.75 Å². The topological polar surface area (TPSA) is 25.4 Å². The predicted octanol–water partition coefficient (Wildman–Crippen LogP) is 5.54. The van der Waals surface area contributed by atoms with Gasteiger partial charge in [-0.2, -0.15) is 13.2 Å². The number of rotatable bonds is 5. The fourth-order valence-electron chi connectivity index (χ4n) is 2.96. The zero-order chi connectivity index (χ0) is 19.6. The van der Waals surface area contributed by atoms with Gasteiger partial charge in [0.2, 0.25) is 0 Å². The van der Waals surface area contributed by atoms with Crippen molar-refractivity contribution >= 4 is 17.5 Å². The van der Waals surface area contributed by atoms with Crippen LogP contribution in [0.5, 0.6) is 5.75 Å². The highest BCUT2D eigenvalue weighted by atomic mass is 32.2. The summed E-state index contributed by atoms with van der Waals surface area (Å²) in [6.07, 6.45) is -3.04. The largest absolute Gasteiger partial charge is 0.483 e. The molecule has 2 heterocycles. The van der Waals surface area contributed by atoms with Crippen LogP contribution in [0.4, 0.5) is 13.2 Å². The lowest BCUT2D eigenvalue weighted by atomic mass is 10.1. The Morgan fingerprint density at radius 3 is 2.70 bits per heavy atom. The van der Waals surface area contributed by atoms with Crippen LogP contribution in [0.1, 0.15) is 36.7 Å². The van der Waals surface area contributed by atoms with Gasteiger partial charge in [0.25, 0.3) is 0 Å². The summed E-state index contributed by atoms with van der Waals surface area (Å²) in [7, 11) is 0. The van der Waals surface area contributed by atoms with Crippen LogP contribution in [0.15, 0.2) is 48.0 Å². The quantitative estimate of drug-likeness (QED) is 0.667. The summed E-state index contributed by atoms with van der Waals surface area (Å²) in [5, 5.41) is 2.29. The summed E-state index contributed by atoms with van der Waals surface area (Å²) < 4.78 is 41.5. The molecule has 0 saturated heterocycles. The molecule has 2 radical (unpaired) electrons. The van der Waals surface area contributed by atoms with Crippen LogP contribution in [0.3, 0.4) is 0 Å². The van der Waals surface area contributed by atoms with Crippen molar-refractivity contribution in [2.75, 3.05) is 6.61 Å². The second-order valence-electron chi connectivity index (χ2n) is 6.27. The molecule has 3 nitrogen and oxygen atoms in total. The molecular formula is C20H19F3N2OS. The van der Waals surface area contributed by atoms with Crippen molar-refractivity contribution < 1.29 is 17.9 Å². The van der Waals surface area contributed by atoms with Gasteiger partial charge in [-0.05, 0) is 55.5 Å². The monoisotopic (exact) mass is 392 g/mol. The Balaban J connectivity index is 1.77. The van der Waals surface area contributed by atoms with E-state index in [9.17, 15) is 13.2 Å². The molecule has 0 aliphatic carbocycles. The zero-order valence-corrected chi connectivity index (χ0v) is 15.7. The van der Waals surface area contributed by atoms with E-state index in [2.05, 4.69) is 22.2 Å². The van der Waals surface area contributed by atoms with Crippen molar-refractivity contribution in [3.8, 4) is 5.75 Å². The summed E-state index contributed by atoms with van der Waals surface area (Å²) >= 11 is 1.70. The van der Waals surface area contributed by atoms with E-state index < -0.39 is 12.8 Å². The van der Waals surface area contributed by atoms with Crippen molar-refractivity contribution in [2.45, 2.75) is 31.4 Å². The first kappa shape index (κ1) is 19.6. The Morgan fingerprint density at radius 2 is 2.07 bits per heavy atom. The highest BCUT2D eigenvalue weighted by Crippen LogP contribution is 2.42. The Bertz CT molecular complexity index is 821. The molecule has 0 amide bonds. The highest BCUT2D eigenvalue weighted by molar-refractivity contribution is 8.03. The molecule has 1 aromatic heterocycles. The molecule has 142 valence electrons. The third-order valence-corrected chi connectivity index (χ3v) is 5.22. The zero-order valence-electron chi connectivity index (χ0n) is 14.9. The van der Waals surface area contributed by atoms with E-state index >= 15 is 0 Å². The van der Waals surface area contributed by atoms with Gasteiger partial charge in [-0.3, -0.25) is 4.98 Å². The number of hydrogen-bond donors (Lipinski definition) is 0. The van der Waals surface area contributed by atoms with Gasteiger partial charge < -0.3 is 9.64 Å². The second-order valence-corrected chi connectivity index (χ2v) is 7.46. The number of benzene rings is 1. The van der Waals surface area contributed by atoms with Gasteiger partial charge in [-0.1, -0.05) is 18.2 Å². The van der Waals surface area contributed by atoms with Gasteiger partial charge in [0.15, 0.2) is 6.61 Å². The summed E-state index contributed by atoms with van der Waals surface area (Å²) in [5.74, 6) is 0.0960. The van der Waals surface area contributed by atoms with Crippen LogP contribution in [-0.4, -0.2) is 28.0 Å². The van der Waals surface area contributed by atoms with Crippen molar-refractivity contribution in [3.05, 3.63) is 71.7 Å². The number of halogens is 3. The first-order valence-electron chi connectivity index (χ1n) is 8.40. The number of nitrogens with zero attached hydrogens (tertiary/aromatic N) is 2. The molecule has 2 atom stereocenters. The van der Waals surface area contributed by atoms with E-state index in [-0.39, 0.29) is 17.2 Å². The fraction of sp³-hybridized carbons (Fsp3) is 0.300. The molecule has 2 aromatic rings. The third-order valence-electron chi connectivity index (χ3n) is 4.24. The minimum Gasteiger partial charge on any atom is -0.483 e. The third kappa shape index (κ3) is 4.77. The fourth-order valence-corrected chi connectivity index (χ4v) is 3.97. The molecule has 0 spiro atoms. The first-order chi connectivity index (χ1) is 12.7. The minimum atomic E-state index is -4.37. The predicted molar refractivity (Wildman–Crippen MR) is 101 cm³/mol. The number of aromatic nitrogens is 1. The average Bonchev–Trinajstić information content (AvgIpc) is 3.01. The van der Waals surface area contributed by atoms with Crippen LogP contribution in [-0.2, 0) is 0 Å². The van der Waals surface area contributed by atoms with Crippen LogP contribution in [0.2, 0.25) is 0 Å². The summed E-state index contributed by atoms with van der Waals surface area (Å²) in [6, 6.07) is 10.8. The van der Waals surface area contributed by atoms with Gasteiger partial charge in [0.05, 0.1) is 29.0 Å². The van der Waals surface area contributed by atoms with Gasteiger partial charge in [-0.15, -0.1) is 11.8 Å². The molecule has 1 aliphatic heterocycles. The number of hydrogen-bond acceptors (Lipinski definition) is 4. The second kappa shape index (κ2) is 7.84. The van der Waals surface area contributed by atoms with Gasteiger partial charge >= 0.3 is 6.18 Å². The SMILES string of the molecule is [CH]c1cccc(C2=CS[C@H](C)N2C(C)c2ccc(OCC(F)(F)F)cn2)c1. The molecule has 0 N–H and O–H groups in total. The molecule has 0 fully saturated rings. The molecule has 3 rings (SSSR count). The van der Waals surface area contributed by atoms with Gasteiger partial charge in [-0.25, -0.2) is 0 Å². The molecule has 0 saturated carbocycles. The van der Waals surface area contributed by atoms with E-state index in [1.54, 1.807) is 17.8 Å². The van der Waals surface area contributed by atoms with Crippen LogP contribution >= 0.6 is 11.8 Å². The maximum absolute atomic E-state index is 12.3. The van der Waals surface area contributed by atoms with E-state index in [0.29, 0.717) is 5.56 Å². The molecular weight excluding hydrogens is 373 g/mol. The van der Waals surface area contributed by atoms with E-state index in [1.807, 2.05) is 31.2 Å². The van der Waals surface area contributed by atoms with Crippen molar-refractivity contribution in [3.63, 3.8) is 0 Å². The molecule has 27 heavy (non-hydrogen) atoms. The maximum Gasteiger partial charge on any atom is 0.422 e. The lowest BCUT2D eigenvalue weighted by Crippen LogP contribution is -2.29. The number of ether oxygens (including phenoxy) is 1. The van der Waals surface area contributed by atoms with Crippen molar-refractivity contribution in [2.24, 2.45) is 0 Å². The normalized spacial score (nSPS) is 18.4. The van der Waals surface area contributed by atoms with E-state index in [4.69, 9.17) is 11.7 Å². The van der Waals surface area contributed by atoms with Crippen molar-refractivity contribution in [1.29, 1.82) is 0 Å². The summed E-state index contributed by atoms with van der Waals surface area (Å²) in [5.41, 5.74) is 3.50. The maximum atomic E-state index is 12.3. The average molecular weight is 392 g/mol. The van der Waals surface area contributed by atoms with Crippen LogP contribution < -0.4 is 4.74 Å². The molecule has 7 heteroatoms. The Labute approximate surface area is 161 Å². The van der Waals surface area contributed by atoms with E-state index in [0.717, 1.165) is 17.0 Å². The number of thioether (sulfide) groups is 1. The molecule has 0 bridgehead atoms. The number of pyridine rings is 1. The van der Waals surface area contributed by atoms with Crippen molar-refractivity contribution in [1.82, 2.24) is 9.88 Å². The number of alkyl halides is 3.